The van der Waals surface area contributed by atoms with Crippen molar-refractivity contribution in [1.29, 1.82) is 0 Å². The fourth-order valence-corrected chi connectivity index (χ4v) is 1.10. The zero-order valence-electron chi connectivity index (χ0n) is 8.33. The summed E-state index contributed by atoms with van der Waals surface area (Å²) in [5, 5.41) is 11.3. The standard InChI is InChI=1S/C9H17NO3/c1-6(2)9(13)7(10-3)4-5-8(11)12/h6-7,10H,4-5H2,1-3H3,(H,11,12). The first-order chi connectivity index (χ1) is 5.99. The molecule has 4 heteroatoms. The van der Waals surface area contributed by atoms with Crippen LogP contribution in [0, 0.1) is 5.92 Å². The van der Waals surface area contributed by atoms with E-state index in [1.807, 2.05) is 13.8 Å². The van der Waals surface area contributed by atoms with Gasteiger partial charge in [0.05, 0.1) is 6.04 Å². The summed E-state index contributed by atoms with van der Waals surface area (Å²) >= 11 is 0. The molecule has 0 radical (unpaired) electrons. The lowest BCUT2D eigenvalue weighted by molar-refractivity contribution is -0.137. The number of Topliss-reactive ketones (excluding diaryl/α,β-unsaturated/α-hetero) is 1. The summed E-state index contributed by atoms with van der Waals surface area (Å²) < 4.78 is 0. The minimum atomic E-state index is -0.864. The van der Waals surface area contributed by atoms with Crippen molar-refractivity contribution in [3.63, 3.8) is 0 Å². The van der Waals surface area contributed by atoms with Crippen LogP contribution in [0.5, 0.6) is 0 Å². The van der Waals surface area contributed by atoms with Crippen LogP contribution in [0.4, 0.5) is 0 Å². The molecular formula is C9H17NO3. The molecule has 0 saturated heterocycles. The van der Waals surface area contributed by atoms with Gasteiger partial charge in [0, 0.05) is 12.3 Å². The molecule has 0 aliphatic heterocycles. The molecule has 0 aromatic heterocycles. The van der Waals surface area contributed by atoms with Gasteiger partial charge in [-0.15, -0.1) is 0 Å². The highest BCUT2D eigenvalue weighted by Crippen LogP contribution is 2.05. The highest BCUT2D eigenvalue weighted by atomic mass is 16.4. The third-order valence-electron chi connectivity index (χ3n) is 1.91. The van der Waals surface area contributed by atoms with Gasteiger partial charge in [0.1, 0.15) is 0 Å². The number of carboxylic acid groups (broad SMARTS) is 1. The Balaban J connectivity index is 4.02. The lowest BCUT2D eigenvalue weighted by Gasteiger charge is -2.15. The summed E-state index contributed by atoms with van der Waals surface area (Å²) in [5.74, 6) is -0.841. The molecule has 0 aromatic carbocycles. The number of hydrogen-bond donors (Lipinski definition) is 2. The Morgan fingerprint density at radius 3 is 2.23 bits per heavy atom. The molecule has 0 aliphatic carbocycles. The fraction of sp³-hybridized carbons (Fsp3) is 0.778. The van der Waals surface area contributed by atoms with E-state index in [-0.39, 0.29) is 24.2 Å². The number of carbonyl (C=O) groups is 2. The first-order valence-electron chi connectivity index (χ1n) is 4.41. The molecule has 0 aliphatic rings. The van der Waals surface area contributed by atoms with Crippen LogP contribution in [-0.4, -0.2) is 29.9 Å². The number of aliphatic carboxylic acids is 1. The molecule has 0 saturated carbocycles. The van der Waals surface area contributed by atoms with Gasteiger partial charge in [0.15, 0.2) is 5.78 Å². The third-order valence-corrected chi connectivity index (χ3v) is 1.91. The van der Waals surface area contributed by atoms with Gasteiger partial charge in [-0.05, 0) is 13.5 Å². The first kappa shape index (κ1) is 12.1. The molecule has 0 aromatic rings. The van der Waals surface area contributed by atoms with Crippen molar-refractivity contribution in [1.82, 2.24) is 5.32 Å². The van der Waals surface area contributed by atoms with Gasteiger partial charge in [-0.3, -0.25) is 9.59 Å². The monoisotopic (exact) mass is 187 g/mol. The van der Waals surface area contributed by atoms with E-state index < -0.39 is 5.97 Å². The van der Waals surface area contributed by atoms with E-state index in [1.165, 1.54) is 0 Å². The largest absolute Gasteiger partial charge is 0.481 e. The van der Waals surface area contributed by atoms with E-state index in [0.717, 1.165) is 0 Å². The van der Waals surface area contributed by atoms with E-state index in [4.69, 9.17) is 5.11 Å². The van der Waals surface area contributed by atoms with E-state index in [1.54, 1.807) is 7.05 Å². The van der Waals surface area contributed by atoms with Gasteiger partial charge < -0.3 is 10.4 Å². The predicted octanol–water partition coefficient (Wildman–Crippen LogP) is 0.664. The normalized spacial score (nSPS) is 12.9. The van der Waals surface area contributed by atoms with Crippen LogP contribution >= 0.6 is 0 Å². The maximum atomic E-state index is 11.4. The van der Waals surface area contributed by atoms with Gasteiger partial charge in [-0.1, -0.05) is 13.8 Å². The molecule has 0 amide bonds. The van der Waals surface area contributed by atoms with Crippen LogP contribution in [0.3, 0.4) is 0 Å². The molecule has 0 heterocycles. The van der Waals surface area contributed by atoms with Gasteiger partial charge >= 0.3 is 5.97 Å². The summed E-state index contributed by atoms with van der Waals surface area (Å²) in [7, 11) is 1.67. The Kier molecular flexibility index (Phi) is 5.30. The molecule has 0 fully saturated rings. The van der Waals surface area contributed by atoms with Crippen LogP contribution in [0.25, 0.3) is 0 Å². The Morgan fingerprint density at radius 2 is 1.92 bits per heavy atom. The molecule has 76 valence electrons. The van der Waals surface area contributed by atoms with Crippen LogP contribution in [0.15, 0.2) is 0 Å². The van der Waals surface area contributed by atoms with Crippen molar-refractivity contribution < 1.29 is 14.7 Å². The van der Waals surface area contributed by atoms with Crippen molar-refractivity contribution in [2.24, 2.45) is 5.92 Å². The summed E-state index contributed by atoms with van der Waals surface area (Å²) in [6.07, 6.45) is 0.396. The number of rotatable bonds is 6. The average Bonchev–Trinajstić information content (AvgIpc) is 2.04. The number of carboxylic acids is 1. The van der Waals surface area contributed by atoms with Gasteiger partial charge in [0.25, 0.3) is 0 Å². The Labute approximate surface area is 78.3 Å². The summed E-state index contributed by atoms with van der Waals surface area (Å²) in [6, 6.07) is -0.323. The van der Waals surface area contributed by atoms with Crippen LogP contribution in [0.1, 0.15) is 26.7 Å². The van der Waals surface area contributed by atoms with Crippen molar-refractivity contribution in [3.8, 4) is 0 Å². The van der Waals surface area contributed by atoms with Crippen LogP contribution in [-0.2, 0) is 9.59 Å². The molecule has 0 spiro atoms. The predicted molar refractivity (Wildman–Crippen MR) is 49.6 cm³/mol. The van der Waals surface area contributed by atoms with Gasteiger partial charge in [-0.25, -0.2) is 0 Å². The Hall–Kier alpha value is -0.900. The second-order valence-electron chi connectivity index (χ2n) is 3.33. The van der Waals surface area contributed by atoms with Crippen molar-refractivity contribution in [2.75, 3.05) is 7.05 Å². The highest BCUT2D eigenvalue weighted by Gasteiger charge is 2.19. The molecule has 4 nitrogen and oxygen atoms in total. The molecule has 0 rings (SSSR count). The van der Waals surface area contributed by atoms with Crippen LogP contribution in [0.2, 0.25) is 0 Å². The number of hydrogen-bond acceptors (Lipinski definition) is 3. The zero-order valence-corrected chi connectivity index (χ0v) is 8.33. The zero-order chi connectivity index (χ0) is 10.4. The molecule has 0 bridgehead atoms. The highest BCUT2D eigenvalue weighted by molar-refractivity contribution is 5.86. The van der Waals surface area contributed by atoms with Crippen LogP contribution < -0.4 is 5.32 Å². The first-order valence-corrected chi connectivity index (χ1v) is 4.41. The topological polar surface area (TPSA) is 66.4 Å². The van der Waals surface area contributed by atoms with E-state index in [9.17, 15) is 9.59 Å². The van der Waals surface area contributed by atoms with Crippen molar-refractivity contribution in [3.05, 3.63) is 0 Å². The second-order valence-corrected chi connectivity index (χ2v) is 3.33. The quantitative estimate of drug-likeness (QED) is 0.641. The maximum absolute atomic E-state index is 11.4. The molecule has 2 N–H and O–H groups in total. The second kappa shape index (κ2) is 5.70. The van der Waals surface area contributed by atoms with Crippen molar-refractivity contribution >= 4 is 11.8 Å². The molecule has 13 heavy (non-hydrogen) atoms. The lowest BCUT2D eigenvalue weighted by Crippen LogP contribution is -2.37. The SMILES string of the molecule is CNC(CCC(=O)O)C(=O)C(C)C. The smallest absolute Gasteiger partial charge is 0.303 e. The average molecular weight is 187 g/mol. The van der Waals surface area contributed by atoms with E-state index in [0.29, 0.717) is 6.42 Å². The van der Waals surface area contributed by atoms with Gasteiger partial charge in [0.2, 0.25) is 0 Å². The Bertz CT molecular complexity index is 189. The number of nitrogens with one attached hydrogen (secondary N) is 1. The van der Waals surface area contributed by atoms with Crippen molar-refractivity contribution in [2.45, 2.75) is 32.7 Å². The van der Waals surface area contributed by atoms with E-state index >= 15 is 0 Å². The number of ketones is 1. The lowest BCUT2D eigenvalue weighted by atomic mass is 9.98. The minimum Gasteiger partial charge on any atom is -0.481 e. The summed E-state index contributed by atoms with van der Waals surface area (Å²) in [4.78, 5) is 21.7. The third kappa shape index (κ3) is 4.62. The molecule has 1 atom stereocenters. The van der Waals surface area contributed by atoms with E-state index in [2.05, 4.69) is 5.32 Å². The summed E-state index contributed by atoms with van der Waals surface area (Å²) in [5.41, 5.74) is 0. The molecular weight excluding hydrogens is 170 g/mol. The van der Waals surface area contributed by atoms with Gasteiger partial charge in [-0.2, -0.15) is 0 Å². The number of carbonyl (C=O) groups excluding carboxylic acids is 1. The minimum absolute atomic E-state index is 0.0317. The number of likely N-dealkylation sites (N-methyl/N-ethyl adjacent to an activating group) is 1. The Morgan fingerprint density at radius 1 is 1.38 bits per heavy atom. The fourth-order valence-electron chi connectivity index (χ4n) is 1.10. The summed E-state index contributed by atoms with van der Waals surface area (Å²) in [6.45, 7) is 3.63. The maximum Gasteiger partial charge on any atom is 0.303 e. The molecule has 1 unspecified atom stereocenters.